The maximum absolute atomic E-state index is 5.07. The van der Waals surface area contributed by atoms with E-state index in [4.69, 9.17) is 4.99 Å². The maximum Gasteiger partial charge on any atom is 0.194 e. The summed E-state index contributed by atoms with van der Waals surface area (Å²) in [6.07, 6.45) is 5.33. The summed E-state index contributed by atoms with van der Waals surface area (Å²) in [6, 6.07) is 12.4. The fourth-order valence-electron chi connectivity index (χ4n) is 5.05. The van der Waals surface area contributed by atoms with Crippen molar-refractivity contribution in [1.82, 2.24) is 20.0 Å². The van der Waals surface area contributed by atoms with E-state index in [0.717, 1.165) is 63.6 Å². The zero-order valence-electron chi connectivity index (χ0n) is 18.8. The van der Waals surface area contributed by atoms with E-state index in [-0.39, 0.29) is 24.0 Å². The third-order valence-electron chi connectivity index (χ3n) is 6.84. The zero-order valence-corrected chi connectivity index (χ0v) is 21.1. The summed E-state index contributed by atoms with van der Waals surface area (Å²) in [6.45, 7) is 13.3. The first-order chi connectivity index (χ1) is 14.3. The Morgan fingerprint density at radius 3 is 2.40 bits per heavy atom. The summed E-state index contributed by atoms with van der Waals surface area (Å²) < 4.78 is 0. The number of nitrogens with zero attached hydrogens (tertiary/aromatic N) is 4. The fraction of sp³-hybridized carbons (Fsp3) is 0.708. The molecule has 6 heteroatoms. The van der Waals surface area contributed by atoms with Gasteiger partial charge in [-0.25, -0.2) is 0 Å². The van der Waals surface area contributed by atoms with Gasteiger partial charge in [0.05, 0.1) is 0 Å². The molecule has 4 rings (SSSR count). The topological polar surface area (TPSA) is 34.1 Å². The minimum Gasteiger partial charge on any atom is -0.357 e. The molecule has 5 nitrogen and oxygen atoms in total. The highest BCUT2D eigenvalue weighted by atomic mass is 127. The Kier molecular flexibility index (Phi) is 9.26. The molecule has 168 valence electrons. The van der Waals surface area contributed by atoms with Gasteiger partial charge in [-0.2, -0.15) is 0 Å². The molecule has 30 heavy (non-hydrogen) atoms. The van der Waals surface area contributed by atoms with Gasteiger partial charge in [0.1, 0.15) is 0 Å². The van der Waals surface area contributed by atoms with Crippen molar-refractivity contribution in [3.63, 3.8) is 0 Å². The van der Waals surface area contributed by atoms with Crippen molar-refractivity contribution in [1.29, 1.82) is 0 Å². The van der Waals surface area contributed by atoms with Crippen LogP contribution in [0.1, 0.15) is 51.1 Å². The number of guanidine groups is 1. The van der Waals surface area contributed by atoms with Crippen molar-refractivity contribution in [3.8, 4) is 0 Å². The van der Waals surface area contributed by atoms with Gasteiger partial charge < -0.3 is 15.1 Å². The molecule has 3 fully saturated rings. The second kappa shape index (κ2) is 11.7. The molecule has 1 saturated carbocycles. The Morgan fingerprint density at radius 2 is 1.77 bits per heavy atom. The number of benzene rings is 1. The van der Waals surface area contributed by atoms with Crippen LogP contribution in [0.3, 0.4) is 0 Å². The first kappa shape index (κ1) is 23.8. The van der Waals surface area contributed by atoms with Gasteiger partial charge in [-0.05, 0) is 50.6 Å². The third kappa shape index (κ3) is 6.10. The van der Waals surface area contributed by atoms with Crippen LogP contribution in [0.15, 0.2) is 35.3 Å². The van der Waals surface area contributed by atoms with Crippen molar-refractivity contribution >= 4 is 29.9 Å². The standard InChI is InChI=1S/C24H39N5.HI/c1-3-23(21-8-6-5-7-9-21)27-14-16-28(17-15-27)24(25-4-2)26-18-20-12-13-29(19-20)22-10-11-22;/h5-9,20,22-23H,3-4,10-19H2,1-2H3,(H,25,26);1H. The zero-order chi connectivity index (χ0) is 20.1. The van der Waals surface area contributed by atoms with E-state index in [2.05, 4.69) is 64.2 Å². The number of likely N-dealkylation sites (tertiary alicyclic amines) is 1. The summed E-state index contributed by atoms with van der Waals surface area (Å²) in [7, 11) is 0. The maximum atomic E-state index is 5.07. The van der Waals surface area contributed by atoms with Crippen LogP contribution in [0.2, 0.25) is 0 Å². The molecular formula is C24H40IN5. The van der Waals surface area contributed by atoms with Crippen LogP contribution in [-0.4, -0.2) is 79.1 Å². The highest BCUT2D eigenvalue weighted by molar-refractivity contribution is 14.0. The normalized spacial score (nSPS) is 24.5. The number of rotatable bonds is 7. The number of piperazine rings is 1. The molecule has 1 aromatic rings. The average Bonchev–Trinajstić information content (AvgIpc) is 3.51. The number of hydrogen-bond acceptors (Lipinski definition) is 3. The van der Waals surface area contributed by atoms with Crippen LogP contribution in [0.5, 0.6) is 0 Å². The molecule has 2 atom stereocenters. The van der Waals surface area contributed by atoms with Crippen LogP contribution in [-0.2, 0) is 0 Å². The summed E-state index contributed by atoms with van der Waals surface area (Å²) >= 11 is 0. The lowest BCUT2D eigenvalue weighted by atomic mass is 10.0. The van der Waals surface area contributed by atoms with Crippen molar-refractivity contribution in [3.05, 3.63) is 35.9 Å². The highest BCUT2D eigenvalue weighted by Gasteiger charge is 2.34. The average molecular weight is 526 g/mol. The van der Waals surface area contributed by atoms with Gasteiger partial charge in [-0.3, -0.25) is 9.89 Å². The molecule has 3 aliphatic rings. The van der Waals surface area contributed by atoms with E-state index in [0.29, 0.717) is 6.04 Å². The molecule has 0 bridgehead atoms. The smallest absolute Gasteiger partial charge is 0.194 e. The quantitative estimate of drug-likeness (QED) is 0.334. The second-order valence-electron chi connectivity index (χ2n) is 8.93. The molecule has 0 aromatic heterocycles. The summed E-state index contributed by atoms with van der Waals surface area (Å²) in [4.78, 5) is 12.9. The molecule has 1 aliphatic carbocycles. The fourth-order valence-corrected chi connectivity index (χ4v) is 5.05. The van der Waals surface area contributed by atoms with Crippen LogP contribution in [0, 0.1) is 5.92 Å². The second-order valence-corrected chi connectivity index (χ2v) is 8.93. The van der Waals surface area contributed by atoms with Crippen molar-refractivity contribution < 1.29 is 0 Å². The van der Waals surface area contributed by atoms with Gasteiger partial charge in [0.15, 0.2) is 5.96 Å². The Hall–Kier alpha value is -0.860. The number of nitrogens with one attached hydrogen (secondary N) is 1. The lowest BCUT2D eigenvalue weighted by Gasteiger charge is -2.40. The first-order valence-electron chi connectivity index (χ1n) is 11.8. The van der Waals surface area contributed by atoms with E-state index in [9.17, 15) is 0 Å². The number of hydrogen-bond donors (Lipinski definition) is 1. The predicted octanol–water partition coefficient (Wildman–Crippen LogP) is 3.82. The molecule has 2 saturated heterocycles. The lowest BCUT2D eigenvalue weighted by Crippen LogP contribution is -2.53. The summed E-state index contributed by atoms with van der Waals surface area (Å²) in [5, 5.41) is 3.56. The molecule has 2 heterocycles. The van der Waals surface area contributed by atoms with Crippen molar-refractivity contribution in [2.45, 2.75) is 51.6 Å². The molecule has 2 unspecified atom stereocenters. The molecule has 1 aromatic carbocycles. The summed E-state index contributed by atoms with van der Waals surface area (Å²) in [5.41, 5.74) is 1.45. The van der Waals surface area contributed by atoms with Gasteiger partial charge >= 0.3 is 0 Å². The van der Waals surface area contributed by atoms with Crippen molar-refractivity contribution in [2.75, 3.05) is 52.4 Å². The molecule has 2 aliphatic heterocycles. The monoisotopic (exact) mass is 525 g/mol. The van der Waals surface area contributed by atoms with E-state index < -0.39 is 0 Å². The number of halogens is 1. The Labute approximate surface area is 200 Å². The molecule has 0 amide bonds. The minimum absolute atomic E-state index is 0. The van der Waals surface area contributed by atoms with Gasteiger partial charge in [0.25, 0.3) is 0 Å². The Bertz CT molecular complexity index is 655. The van der Waals surface area contributed by atoms with Gasteiger partial charge in [0, 0.05) is 57.9 Å². The third-order valence-corrected chi connectivity index (χ3v) is 6.84. The van der Waals surface area contributed by atoms with E-state index in [1.54, 1.807) is 0 Å². The van der Waals surface area contributed by atoms with E-state index >= 15 is 0 Å². The van der Waals surface area contributed by atoms with Crippen LogP contribution < -0.4 is 5.32 Å². The molecule has 0 radical (unpaired) electrons. The van der Waals surface area contributed by atoms with Gasteiger partial charge in [0.2, 0.25) is 0 Å². The first-order valence-corrected chi connectivity index (χ1v) is 11.8. The van der Waals surface area contributed by atoms with Crippen LogP contribution in [0.4, 0.5) is 0 Å². The lowest BCUT2D eigenvalue weighted by molar-refractivity contribution is 0.127. The van der Waals surface area contributed by atoms with Gasteiger partial charge in [-0.1, -0.05) is 37.3 Å². The van der Waals surface area contributed by atoms with Crippen molar-refractivity contribution in [2.24, 2.45) is 10.9 Å². The van der Waals surface area contributed by atoms with Gasteiger partial charge in [-0.15, -0.1) is 24.0 Å². The largest absolute Gasteiger partial charge is 0.357 e. The minimum atomic E-state index is 0. The SMILES string of the molecule is CCNC(=NCC1CCN(C2CC2)C1)N1CCN(C(CC)c2ccccc2)CC1.I. The van der Waals surface area contributed by atoms with E-state index in [1.165, 1.54) is 37.9 Å². The highest BCUT2D eigenvalue weighted by Crippen LogP contribution is 2.31. The summed E-state index contributed by atoms with van der Waals surface area (Å²) in [5.74, 6) is 1.87. The van der Waals surface area contributed by atoms with Crippen LogP contribution in [0.25, 0.3) is 0 Å². The van der Waals surface area contributed by atoms with Crippen LogP contribution >= 0.6 is 24.0 Å². The molecule has 1 N–H and O–H groups in total. The van der Waals surface area contributed by atoms with E-state index in [1.807, 2.05) is 0 Å². The molecule has 0 spiro atoms. The number of aliphatic imine (C=N–C) groups is 1. The predicted molar refractivity (Wildman–Crippen MR) is 137 cm³/mol. The Morgan fingerprint density at radius 1 is 1.03 bits per heavy atom. The Balaban J connectivity index is 0.00000256. The molecular weight excluding hydrogens is 485 g/mol.